The summed E-state index contributed by atoms with van der Waals surface area (Å²) in [6.07, 6.45) is 1.42. The van der Waals surface area contributed by atoms with Crippen molar-refractivity contribution in [3.05, 3.63) is 23.3 Å². The van der Waals surface area contributed by atoms with E-state index in [0.717, 1.165) is 23.2 Å². The summed E-state index contributed by atoms with van der Waals surface area (Å²) in [6, 6.07) is 3.80. The van der Waals surface area contributed by atoms with Gasteiger partial charge in [0, 0.05) is 12.2 Å². The monoisotopic (exact) mass is 296 g/mol. The van der Waals surface area contributed by atoms with Crippen molar-refractivity contribution in [1.29, 1.82) is 0 Å². The molecule has 0 unspecified atom stereocenters. The highest BCUT2D eigenvalue weighted by Gasteiger charge is 2.30. The van der Waals surface area contributed by atoms with Crippen LogP contribution in [0, 0.1) is 12.3 Å². The molecule has 0 fully saturated rings. The molecule has 0 radical (unpaired) electrons. The van der Waals surface area contributed by atoms with E-state index in [1.165, 1.54) is 4.31 Å². The number of hydrogen-bond acceptors (Lipinski definition) is 3. The molecule has 0 saturated carbocycles. The number of rotatable bonds is 3. The van der Waals surface area contributed by atoms with E-state index in [0.29, 0.717) is 18.7 Å². The van der Waals surface area contributed by atoms with Gasteiger partial charge >= 0.3 is 0 Å². The van der Waals surface area contributed by atoms with Crippen molar-refractivity contribution >= 4 is 21.4 Å². The van der Waals surface area contributed by atoms with Gasteiger partial charge in [-0.05, 0) is 42.4 Å². The van der Waals surface area contributed by atoms with E-state index in [2.05, 4.69) is 20.8 Å². The second kappa shape index (κ2) is 4.95. The zero-order valence-corrected chi connectivity index (χ0v) is 13.5. The molecule has 0 amide bonds. The maximum absolute atomic E-state index is 12.5. The summed E-state index contributed by atoms with van der Waals surface area (Å²) in [5.74, 6) is 0.184. The van der Waals surface area contributed by atoms with E-state index in [1.807, 2.05) is 13.0 Å². The standard InChI is InChI=1S/C15H24N2O2S/c1-11-9-12-5-7-17(14(12)10-13(11)16)20(18,19)8-6-15(2,3)4/h9-10H,5-8,16H2,1-4H3. The molecule has 1 aliphatic rings. The summed E-state index contributed by atoms with van der Waals surface area (Å²) in [6.45, 7) is 8.66. The topological polar surface area (TPSA) is 63.4 Å². The minimum Gasteiger partial charge on any atom is -0.398 e. The third-order valence-corrected chi connectivity index (χ3v) is 5.54. The second-order valence-electron chi connectivity index (χ2n) is 6.79. The lowest BCUT2D eigenvalue weighted by molar-refractivity contribution is 0.397. The third kappa shape index (κ3) is 3.08. The number of nitrogen functional groups attached to an aromatic ring is 1. The molecule has 1 heterocycles. The first-order chi connectivity index (χ1) is 9.10. The molecule has 0 spiro atoms. The minimum atomic E-state index is -3.26. The van der Waals surface area contributed by atoms with Crippen LogP contribution in [0.1, 0.15) is 38.3 Å². The average molecular weight is 296 g/mol. The molecule has 0 bridgehead atoms. The van der Waals surface area contributed by atoms with Crippen LogP contribution in [-0.4, -0.2) is 20.7 Å². The Morgan fingerprint density at radius 1 is 1.30 bits per heavy atom. The fourth-order valence-corrected chi connectivity index (χ4v) is 4.31. The van der Waals surface area contributed by atoms with E-state index in [1.54, 1.807) is 6.07 Å². The molecule has 20 heavy (non-hydrogen) atoms. The van der Waals surface area contributed by atoms with Crippen LogP contribution in [0.2, 0.25) is 0 Å². The molecule has 0 aliphatic carbocycles. The van der Waals surface area contributed by atoms with Gasteiger partial charge in [-0.2, -0.15) is 0 Å². The van der Waals surface area contributed by atoms with E-state index in [4.69, 9.17) is 5.73 Å². The lowest BCUT2D eigenvalue weighted by Gasteiger charge is -2.23. The Labute approximate surface area is 122 Å². The van der Waals surface area contributed by atoms with Gasteiger partial charge in [0.05, 0.1) is 11.4 Å². The molecular formula is C15H24N2O2S. The summed E-state index contributed by atoms with van der Waals surface area (Å²) in [7, 11) is -3.26. The fourth-order valence-electron chi connectivity index (χ4n) is 2.38. The number of anilines is 2. The maximum Gasteiger partial charge on any atom is 0.235 e. The second-order valence-corrected chi connectivity index (χ2v) is 8.80. The molecule has 0 aromatic heterocycles. The first-order valence-corrected chi connectivity index (χ1v) is 8.60. The maximum atomic E-state index is 12.5. The minimum absolute atomic E-state index is 0.0158. The molecule has 1 aromatic rings. The lowest BCUT2D eigenvalue weighted by Crippen LogP contribution is -2.32. The van der Waals surface area contributed by atoms with Gasteiger partial charge in [-0.1, -0.05) is 26.8 Å². The number of sulfonamides is 1. The van der Waals surface area contributed by atoms with Crippen LogP contribution in [0.5, 0.6) is 0 Å². The Kier molecular flexibility index (Phi) is 3.75. The summed E-state index contributed by atoms with van der Waals surface area (Å²) in [5.41, 5.74) is 9.45. The predicted octanol–water partition coefficient (Wildman–Crippen LogP) is 2.71. The number of hydrogen-bond donors (Lipinski definition) is 1. The van der Waals surface area contributed by atoms with Gasteiger partial charge in [-0.15, -0.1) is 0 Å². The average Bonchev–Trinajstić information content (AvgIpc) is 2.70. The molecule has 2 N–H and O–H groups in total. The van der Waals surface area contributed by atoms with Crippen molar-refractivity contribution in [2.75, 3.05) is 22.3 Å². The van der Waals surface area contributed by atoms with Crippen LogP contribution < -0.4 is 10.0 Å². The van der Waals surface area contributed by atoms with Gasteiger partial charge < -0.3 is 5.73 Å². The van der Waals surface area contributed by atoms with Gasteiger partial charge in [-0.3, -0.25) is 4.31 Å². The Bertz CT molecular complexity index is 615. The lowest BCUT2D eigenvalue weighted by atomic mass is 9.94. The third-order valence-electron chi connectivity index (χ3n) is 3.77. The molecule has 2 rings (SSSR count). The van der Waals surface area contributed by atoms with Crippen molar-refractivity contribution < 1.29 is 8.42 Å². The normalized spacial score (nSPS) is 15.5. The zero-order valence-electron chi connectivity index (χ0n) is 12.7. The first-order valence-electron chi connectivity index (χ1n) is 6.99. The van der Waals surface area contributed by atoms with Crippen molar-refractivity contribution in [2.24, 2.45) is 5.41 Å². The Morgan fingerprint density at radius 2 is 1.95 bits per heavy atom. The molecule has 1 aliphatic heterocycles. The van der Waals surface area contributed by atoms with Crippen LogP contribution in [0.3, 0.4) is 0 Å². The largest absolute Gasteiger partial charge is 0.398 e. The predicted molar refractivity (Wildman–Crippen MR) is 84.5 cm³/mol. The van der Waals surface area contributed by atoms with Crippen LogP contribution in [0.25, 0.3) is 0 Å². The van der Waals surface area contributed by atoms with Crippen LogP contribution in [0.4, 0.5) is 11.4 Å². The summed E-state index contributed by atoms with van der Waals surface area (Å²) in [4.78, 5) is 0. The number of nitrogens with two attached hydrogens (primary N) is 1. The summed E-state index contributed by atoms with van der Waals surface area (Å²) in [5, 5.41) is 0. The first kappa shape index (κ1) is 15.2. The molecule has 1 aromatic carbocycles. The van der Waals surface area contributed by atoms with Crippen LogP contribution in [-0.2, 0) is 16.4 Å². The fraction of sp³-hybridized carbons (Fsp3) is 0.600. The summed E-state index contributed by atoms with van der Waals surface area (Å²) < 4.78 is 26.6. The number of benzene rings is 1. The highest BCUT2D eigenvalue weighted by atomic mass is 32.2. The van der Waals surface area contributed by atoms with Crippen molar-refractivity contribution in [2.45, 2.75) is 40.5 Å². The molecule has 112 valence electrons. The quantitative estimate of drug-likeness (QED) is 0.872. The van der Waals surface area contributed by atoms with Gasteiger partial charge in [0.2, 0.25) is 10.0 Å². The SMILES string of the molecule is Cc1cc2c(cc1N)N(S(=O)(=O)CCC(C)(C)C)CC2. The number of nitrogens with zero attached hydrogens (tertiary/aromatic N) is 1. The van der Waals surface area contributed by atoms with Gasteiger partial charge in [0.15, 0.2) is 0 Å². The Balaban J connectivity index is 2.27. The van der Waals surface area contributed by atoms with E-state index in [-0.39, 0.29) is 11.2 Å². The Hall–Kier alpha value is -1.23. The van der Waals surface area contributed by atoms with Crippen LogP contribution >= 0.6 is 0 Å². The van der Waals surface area contributed by atoms with Gasteiger partial charge in [0.25, 0.3) is 0 Å². The van der Waals surface area contributed by atoms with Crippen molar-refractivity contribution in [1.82, 2.24) is 0 Å². The molecule has 0 saturated heterocycles. The molecular weight excluding hydrogens is 272 g/mol. The van der Waals surface area contributed by atoms with Gasteiger partial charge in [-0.25, -0.2) is 8.42 Å². The number of fused-ring (bicyclic) bond motifs is 1. The molecule has 5 heteroatoms. The highest BCUT2D eigenvalue weighted by Crippen LogP contribution is 2.34. The van der Waals surface area contributed by atoms with E-state index >= 15 is 0 Å². The van der Waals surface area contributed by atoms with Crippen LogP contribution in [0.15, 0.2) is 12.1 Å². The molecule has 0 atom stereocenters. The van der Waals surface area contributed by atoms with E-state index in [9.17, 15) is 8.42 Å². The summed E-state index contributed by atoms with van der Waals surface area (Å²) >= 11 is 0. The highest BCUT2D eigenvalue weighted by molar-refractivity contribution is 7.92. The van der Waals surface area contributed by atoms with E-state index < -0.39 is 10.0 Å². The Morgan fingerprint density at radius 3 is 2.55 bits per heavy atom. The zero-order chi connectivity index (χ0) is 15.1. The van der Waals surface area contributed by atoms with Gasteiger partial charge in [0.1, 0.15) is 0 Å². The smallest absolute Gasteiger partial charge is 0.235 e. The number of aryl methyl sites for hydroxylation is 1. The molecule has 4 nitrogen and oxygen atoms in total. The van der Waals surface area contributed by atoms with Crippen molar-refractivity contribution in [3.8, 4) is 0 Å². The van der Waals surface area contributed by atoms with Crippen molar-refractivity contribution in [3.63, 3.8) is 0 Å².